The van der Waals surface area contributed by atoms with Gasteiger partial charge in [-0.15, -0.1) is 0 Å². The number of ether oxygens (including phenoxy) is 1. The summed E-state index contributed by atoms with van der Waals surface area (Å²) in [6.45, 7) is 3.18. The van der Waals surface area contributed by atoms with Gasteiger partial charge in [0, 0.05) is 23.2 Å². The molecule has 2 rings (SSSR count). The van der Waals surface area contributed by atoms with Crippen molar-refractivity contribution in [3.8, 4) is 0 Å². The molecule has 2 nitrogen and oxygen atoms in total. The SMILES string of the molecule is CCCNC(Cc1ccc(Cl)cc1Cl)C(OC)C1CC1. The summed E-state index contributed by atoms with van der Waals surface area (Å²) in [6, 6.07) is 6.05. The molecule has 112 valence electrons. The lowest BCUT2D eigenvalue weighted by Crippen LogP contribution is -2.44. The highest BCUT2D eigenvalue weighted by Gasteiger charge is 2.36. The minimum Gasteiger partial charge on any atom is -0.380 e. The van der Waals surface area contributed by atoms with E-state index < -0.39 is 0 Å². The standard InChI is InChI=1S/C16H23Cl2NO/c1-3-8-19-15(16(20-2)11-4-5-11)9-12-6-7-13(17)10-14(12)18/h6-7,10-11,15-16,19H,3-5,8-9H2,1-2H3. The summed E-state index contributed by atoms with van der Waals surface area (Å²) in [6.07, 6.45) is 4.82. The van der Waals surface area contributed by atoms with E-state index >= 15 is 0 Å². The molecule has 1 aromatic carbocycles. The molecule has 0 aliphatic heterocycles. The molecule has 2 atom stereocenters. The summed E-state index contributed by atoms with van der Waals surface area (Å²) >= 11 is 12.3. The minimum absolute atomic E-state index is 0.272. The lowest BCUT2D eigenvalue weighted by Gasteiger charge is -2.27. The van der Waals surface area contributed by atoms with E-state index in [9.17, 15) is 0 Å². The maximum absolute atomic E-state index is 6.30. The van der Waals surface area contributed by atoms with Crippen molar-refractivity contribution in [1.29, 1.82) is 0 Å². The van der Waals surface area contributed by atoms with Crippen molar-refractivity contribution in [2.75, 3.05) is 13.7 Å². The van der Waals surface area contributed by atoms with Gasteiger partial charge in [-0.1, -0.05) is 36.2 Å². The smallest absolute Gasteiger partial charge is 0.0755 e. The van der Waals surface area contributed by atoms with Crippen molar-refractivity contribution in [2.45, 2.75) is 44.8 Å². The number of rotatable bonds is 8. The van der Waals surface area contributed by atoms with E-state index in [0.29, 0.717) is 17.0 Å². The summed E-state index contributed by atoms with van der Waals surface area (Å²) in [4.78, 5) is 0. The zero-order valence-corrected chi connectivity index (χ0v) is 13.7. The first-order chi connectivity index (χ1) is 9.65. The second kappa shape index (κ2) is 7.65. The van der Waals surface area contributed by atoms with Crippen LogP contribution in [-0.4, -0.2) is 25.8 Å². The molecule has 0 bridgehead atoms. The summed E-state index contributed by atoms with van der Waals surface area (Å²) in [5.41, 5.74) is 1.13. The van der Waals surface area contributed by atoms with E-state index in [0.717, 1.165) is 30.0 Å². The van der Waals surface area contributed by atoms with E-state index in [4.69, 9.17) is 27.9 Å². The maximum atomic E-state index is 6.30. The molecule has 0 heterocycles. The first kappa shape index (κ1) is 16.1. The fourth-order valence-electron chi connectivity index (χ4n) is 2.67. The molecule has 1 saturated carbocycles. The van der Waals surface area contributed by atoms with Gasteiger partial charge in [-0.05, 0) is 55.8 Å². The Labute approximate surface area is 131 Å². The molecule has 0 saturated heterocycles. The van der Waals surface area contributed by atoms with Gasteiger partial charge < -0.3 is 10.1 Å². The van der Waals surface area contributed by atoms with Crippen LogP contribution in [0.4, 0.5) is 0 Å². The molecule has 20 heavy (non-hydrogen) atoms. The fraction of sp³-hybridized carbons (Fsp3) is 0.625. The third-order valence-corrected chi connectivity index (χ3v) is 4.45. The van der Waals surface area contributed by atoms with Gasteiger partial charge in [-0.3, -0.25) is 0 Å². The molecule has 2 unspecified atom stereocenters. The maximum Gasteiger partial charge on any atom is 0.0755 e. The molecular formula is C16H23Cl2NO. The third kappa shape index (κ3) is 4.36. The summed E-state index contributed by atoms with van der Waals surface area (Å²) in [5.74, 6) is 0.695. The van der Waals surface area contributed by atoms with Gasteiger partial charge in [-0.2, -0.15) is 0 Å². The van der Waals surface area contributed by atoms with Crippen LogP contribution in [0.3, 0.4) is 0 Å². The highest BCUT2D eigenvalue weighted by Crippen LogP contribution is 2.36. The minimum atomic E-state index is 0.272. The lowest BCUT2D eigenvalue weighted by atomic mass is 9.98. The van der Waals surface area contributed by atoms with Crippen LogP contribution in [0, 0.1) is 5.92 Å². The Morgan fingerprint density at radius 2 is 2.10 bits per heavy atom. The number of nitrogens with one attached hydrogen (secondary N) is 1. The highest BCUT2D eigenvalue weighted by atomic mass is 35.5. The molecule has 0 radical (unpaired) electrons. The Balaban J connectivity index is 2.09. The second-order valence-corrected chi connectivity index (χ2v) is 6.38. The number of halogens is 2. The molecule has 1 aliphatic carbocycles. The lowest BCUT2D eigenvalue weighted by molar-refractivity contribution is 0.0511. The van der Waals surface area contributed by atoms with E-state index in [1.165, 1.54) is 12.8 Å². The molecule has 4 heteroatoms. The van der Waals surface area contributed by atoms with Crippen molar-refractivity contribution < 1.29 is 4.74 Å². The molecular weight excluding hydrogens is 293 g/mol. The Morgan fingerprint density at radius 3 is 2.65 bits per heavy atom. The van der Waals surface area contributed by atoms with Crippen molar-refractivity contribution in [1.82, 2.24) is 5.32 Å². The van der Waals surface area contributed by atoms with E-state index in [2.05, 4.69) is 12.2 Å². The zero-order valence-electron chi connectivity index (χ0n) is 12.2. The van der Waals surface area contributed by atoms with Crippen LogP contribution < -0.4 is 5.32 Å². The van der Waals surface area contributed by atoms with E-state index in [1.54, 1.807) is 0 Å². The fourth-order valence-corrected chi connectivity index (χ4v) is 3.15. The monoisotopic (exact) mass is 315 g/mol. The summed E-state index contributed by atoms with van der Waals surface area (Å²) < 4.78 is 5.74. The van der Waals surface area contributed by atoms with Crippen molar-refractivity contribution in [3.63, 3.8) is 0 Å². The zero-order chi connectivity index (χ0) is 14.5. The van der Waals surface area contributed by atoms with Crippen molar-refractivity contribution in [2.24, 2.45) is 5.92 Å². The Hall–Kier alpha value is -0.280. The van der Waals surface area contributed by atoms with Gasteiger partial charge in [0.15, 0.2) is 0 Å². The summed E-state index contributed by atoms with van der Waals surface area (Å²) in [7, 11) is 1.81. The third-order valence-electron chi connectivity index (χ3n) is 3.87. The van der Waals surface area contributed by atoms with Crippen molar-refractivity contribution >= 4 is 23.2 Å². The molecule has 1 aliphatic rings. The van der Waals surface area contributed by atoms with Gasteiger partial charge in [0.2, 0.25) is 0 Å². The predicted octanol–water partition coefficient (Wildman–Crippen LogP) is 4.33. The van der Waals surface area contributed by atoms with Crippen LogP contribution in [0.5, 0.6) is 0 Å². The molecule has 1 aromatic rings. The Bertz CT molecular complexity index is 434. The van der Waals surface area contributed by atoms with Crippen LogP contribution in [0.2, 0.25) is 10.0 Å². The molecule has 0 amide bonds. The van der Waals surface area contributed by atoms with Crippen LogP contribution in [-0.2, 0) is 11.2 Å². The average molecular weight is 316 g/mol. The Morgan fingerprint density at radius 1 is 1.35 bits per heavy atom. The highest BCUT2D eigenvalue weighted by molar-refractivity contribution is 6.35. The van der Waals surface area contributed by atoms with Crippen LogP contribution in [0.15, 0.2) is 18.2 Å². The van der Waals surface area contributed by atoms with Crippen LogP contribution in [0.25, 0.3) is 0 Å². The number of hydrogen-bond donors (Lipinski definition) is 1. The number of methoxy groups -OCH3 is 1. The van der Waals surface area contributed by atoms with Gasteiger partial charge in [0.1, 0.15) is 0 Å². The molecule has 0 aromatic heterocycles. The van der Waals surface area contributed by atoms with Gasteiger partial charge in [-0.25, -0.2) is 0 Å². The average Bonchev–Trinajstić information content (AvgIpc) is 3.24. The number of hydrogen-bond acceptors (Lipinski definition) is 2. The molecule has 1 N–H and O–H groups in total. The predicted molar refractivity (Wildman–Crippen MR) is 85.8 cm³/mol. The van der Waals surface area contributed by atoms with Gasteiger partial charge in [0.25, 0.3) is 0 Å². The largest absolute Gasteiger partial charge is 0.380 e. The topological polar surface area (TPSA) is 21.3 Å². The van der Waals surface area contributed by atoms with Crippen LogP contribution >= 0.6 is 23.2 Å². The van der Waals surface area contributed by atoms with Crippen LogP contribution in [0.1, 0.15) is 31.7 Å². The first-order valence-corrected chi connectivity index (χ1v) is 8.11. The second-order valence-electron chi connectivity index (χ2n) is 5.54. The van der Waals surface area contributed by atoms with Crippen molar-refractivity contribution in [3.05, 3.63) is 33.8 Å². The normalized spacial score (nSPS) is 18.0. The summed E-state index contributed by atoms with van der Waals surface area (Å²) in [5, 5.41) is 5.04. The Kier molecular flexibility index (Phi) is 6.16. The first-order valence-electron chi connectivity index (χ1n) is 7.35. The van der Waals surface area contributed by atoms with E-state index in [-0.39, 0.29) is 6.10 Å². The quantitative estimate of drug-likeness (QED) is 0.771. The molecule has 1 fully saturated rings. The number of benzene rings is 1. The van der Waals surface area contributed by atoms with Gasteiger partial charge in [0.05, 0.1) is 6.10 Å². The molecule has 0 spiro atoms. The van der Waals surface area contributed by atoms with E-state index in [1.807, 2.05) is 25.3 Å². The van der Waals surface area contributed by atoms with Gasteiger partial charge >= 0.3 is 0 Å².